The van der Waals surface area contributed by atoms with Crippen molar-refractivity contribution in [2.24, 2.45) is 0 Å². The lowest BCUT2D eigenvalue weighted by Crippen LogP contribution is -2.02. The van der Waals surface area contributed by atoms with Crippen LogP contribution < -0.4 is 0 Å². The van der Waals surface area contributed by atoms with Gasteiger partial charge in [0.15, 0.2) is 17.5 Å². The predicted octanol–water partition coefficient (Wildman–Crippen LogP) is 17.6. The van der Waals surface area contributed by atoms with E-state index in [0.29, 0.717) is 17.5 Å². The van der Waals surface area contributed by atoms with Crippen molar-refractivity contribution in [2.45, 2.75) is 0 Å². The lowest BCUT2D eigenvalue weighted by Gasteiger charge is -2.16. The van der Waals surface area contributed by atoms with E-state index in [-0.39, 0.29) is 0 Å². The maximum Gasteiger partial charge on any atom is 0.164 e. The second-order valence-electron chi connectivity index (χ2n) is 18.0. The molecule has 14 aromatic rings. The molecule has 0 unspecified atom stereocenters. The van der Waals surface area contributed by atoms with Crippen LogP contribution >= 0.6 is 11.3 Å². The van der Waals surface area contributed by atoms with Crippen LogP contribution in [-0.4, -0.2) is 19.5 Å². The van der Waals surface area contributed by atoms with Gasteiger partial charge in [0.25, 0.3) is 0 Å². The number of rotatable bonds is 7. The van der Waals surface area contributed by atoms with E-state index in [2.05, 4.69) is 235 Å². The summed E-state index contributed by atoms with van der Waals surface area (Å²) >= 11 is 1.83. The van der Waals surface area contributed by atoms with E-state index in [1.54, 1.807) is 0 Å². The Labute approximate surface area is 408 Å². The predicted molar refractivity (Wildman–Crippen MR) is 295 cm³/mol. The van der Waals surface area contributed by atoms with Gasteiger partial charge in [0.1, 0.15) is 0 Å². The van der Waals surface area contributed by atoms with E-state index in [4.69, 9.17) is 15.0 Å². The van der Waals surface area contributed by atoms with E-state index < -0.39 is 0 Å². The number of hydrogen-bond acceptors (Lipinski definition) is 4. The number of benzene rings is 11. The van der Waals surface area contributed by atoms with Crippen LogP contribution in [0.1, 0.15) is 0 Å². The molecule has 0 saturated heterocycles. The molecular formula is C65H40N4S. The Hall–Kier alpha value is -9.03. The molecule has 326 valence electrons. The Bertz CT molecular complexity index is 4220. The van der Waals surface area contributed by atoms with Crippen molar-refractivity contribution < 1.29 is 0 Å². The molecule has 70 heavy (non-hydrogen) atoms. The molecule has 5 heteroatoms. The topological polar surface area (TPSA) is 43.6 Å². The molecule has 4 nitrogen and oxygen atoms in total. The number of fused-ring (bicyclic) bond motifs is 9. The molecule has 0 spiro atoms. The Morgan fingerprint density at radius 3 is 1.50 bits per heavy atom. The standard InChI is InChI=1S/C65H40N4S/c1-3-13-41(14-4-1)43-23-27-46(28-24-43)63-66-64(47-29-25-44(26-30-47)42-15-5-2-6-16-42)68-65(67-63)55-35-33-51(40-56(55)50-31-34-54-53-21-11-12-22-60(53)70-61(54)39-50)69-58-36-32-45-17-9-10-20-52(45)62(58)57-37-48-18-7-8-19-49(48)38-59(57)69/h1-40H. The SMILES string of the molecule is c1ccc(-c2ccc(-c3nc(-c4ccc(-c5ccccc5)cc4)nc(-c4ccc(-n5c6cc7ccccc7cc6c6c7ccccc7ccc65)cc4-c4ccc5c(c4)sc4ccccc45)n3)cc2)cc1. The third-order valence-electron chi connectivity index (χ3n) is 13.9. The van der Waals surface area contributed by atoms with Crippen LogP contribution in [0.25, 0.3) is 137 Å². The van der Waals surface area contributed by atoms with Crippen LogP contribution in [-0.2, 0) is 0 Å². The quantitative estimate of drug-likeness (QED) is 0.160. The summed E-state index contributed by atoms with van der Waals surface area (Å²) in [4.78, 5) is 16.0. The number of aromatic nitrogens is 4. The second-order valence-corrected chi connectivity index (χ2v) is 19.0. The summed E-state index contributed by atoms with van der Waals surface area (Å²) in [7, 11) is 0. The zero-order valence-electron chi connectivity index (χ0n) is 37.8. The first-order valence-corrected chi connectivity index (χ1v) is 24.5. The first-order valence-electron chi connectivity index (χ1n) is 23.7. The minimum atomic E-state index is 0.608. The van der Waals surface area contributed by atoms with Crippen molar-refractivity contribution in [2.75, 3.05) is 0 Å². The maximum absolute atomic E-state index is 5.38. The highest BCUT2D eigenvalue weighted by atomic mass is 32.1. The number of hydrogen-bond donors (Lipinski definition) is 0. The fourth-order valence-corrected chi connectivity index (χ4v) is 11.5. The summed E-state index contributed by atoms with van der Waals surface area (Å²) < 4.78 is 4.96. The van der Waals surface area contributed by atoms with Gasteiger partial charge in [-0.05, 0) is 103 Å². The van der Waals surface area contributed by atoms with Gasteiger partial charge < -0.3 is 4.57 Å². The maximum atomic E-state index is 5.38. The normalized spacial score (nSPS) is 11.7. The van der Waals surface area contributed by atoms with Crippen molar-refractivity contribution in [3.8, 4) is 73.2 Å². The van der Waals surface area contributed by atoms with Crippen molar-refractivity contribution in [1.29, 1.82) is 0 Å². The molecule has 3 aromatic heterocycles. The molecule has 3 heterocycles. The minimum Gasteiger partial charge on any atom is -0.309 e. The molecule has 0 amide bonds. The van der Waals surface area contributed by atoms with Gasteiger partial charge in [-0.1, -0.05) is 194 Å². The second kappa shape index (κ2) is 16.3. The fourth-order valence-electron chi connectivity index (χ4n) is 10.4. The molecule has 0 aliphatic carbocycles. The number of thiophene rings is 1. The zero-order chi connectivity index (χ0) is 46.1. The van der Waals surface area contributed by atoms with Crippen molar-refractivity contribution >= 4 is 74.9 Å². The highest BCUT2D eigenvalue weighted by Crippen LogP contribution is 2.43. The molecule has 0 bridgehead atoms. The van der Waals surface area contributed by atoms with Crippen molar-refractivity contribution in [3.05, 3.63) is 243 Å². The van der Waals surface area contributed by atoms with Crippen LogP contribution in [0.5, 0.6) is 0 Å². The van der Waals surface area contributed by atoms with Gasteiger partial charge in [-0.3, -0.25) is 0 Å². The van der Waals surface area contributed by atoms with Gasteiger partial charge in [-0.25, -0.2) is 15.0 Å². The van der Waals surface area contributed by atoms with Crippen LogP contribution in [0.2, 0.25) is 0 Å². The van der Waals surface area contributed by atoms with E-state index in [1.165, 1.54) is 52.5 Å². The molecule has 14 rings (SSSR count). The molecule has 0 radical (unpaired) electrons. The van der Waals surface area contributed by atoms with E-state index in [9.17, 15) is 0 Å². The first kappa shape index (κ1) is 40.1. The summed E-state index contributed by atoms with van der Waals surface area (Å²) in [6.45, 7) is 0. The summed E-state index contributed by atoms with van der Waals surface area (Å²) in [5.74, 6) is 1.84. The molecule has 11 aromatic carbocycles. The Balaban J connectivity index is 1.01. The number of nitrogens with zero attached hydrogens (tertiary/aromatic N) is 4. The van der Waals surface area contributed by atoms with Crippen LogP contribution in [0.15, 0.2) is 243 Å². The minimum absolute atomic E-state index is 0.608. The summed E-state index contributed by atoms with van der Waals surface area (Å²) in [6.07, 6.45) is 0. The Morgan fingerprint density at radius 1 is 0.286 bits per heavy atom. The van der Waals surface area contributed by atoms with Gasteiger partial charge >= 0.3 is 0 Å². The lowest BCUT2D eigenvalue weighted by atomic mass is 9.97. The molecule has 0 N–H and O–H groups in total. The van der Waals surface area contributed by atoms with Gasteiger partial charge in [0.05, 0.1) is 11.0 Å². The Kier molecular flexibility index (Phi) is 9.36. The van der Waals surface area contributed by atoms with Gasteiger partial charge in [-0.2, -0.15) is 0 Å². The van der Waals surface area contributed by atoms with E-state index in [0.717, 1.165) is 66.8 Å². The first-order chi connectivity index (χ1) is 34.7. The third kappa shape index (κ3) is 6.78. The van der Waals surface area contributed by atoms with Gasteiger partial charge in [0.2, 0.25) is 0 Å². The average Bonchev–Trinajstić information content (AvgIpc) is 3.97. The van der Waals surface area contributed by atoms with Crippen LogP contribution in [0.4, 0.5) is 0 Å². The summed E-state index contributed by atoms with van der Waals surface area (Å²) in [5.41, 5.74) is 12.9. The highest BCUT2D eigenvalue weighted by Gasteiger charge is 2.21. The molecule has 0 aliphatic heterocycles. The molecule has 0 atom stereocenters. The van der Waals surface area contributed by atoms with Gasteiger partial charge in [0, 0.05) is 53.3 Å². The molecule has 0 fully saturated rings. The summed E-state index contributed by atoms with van der Waals surface area (Å²) in [6, 6.07) is 87.1. The summed E-state index contributed by atoms with van der Waals surface area (Å²) in [5, 5.41) is 9.90. The van der Waals surface area contributed by atoms with Crippen LogP contribution in [0.3, 0.4) is 0 Å². The monoisotopic (exact) mass is 908 g/mol. The van der Waals surface area contributed by atoms with E-state index in [1.807, 2.05) is 23.5 Å². The van der Waals surface area contributed by atoms with Gasteiger partial charge in [-0.15, -0.1) is 11.3 Å². The van der Waals surface area contributed by atoms with Crippen LogP contribution in [0, 0.1) is 0 Å². The zero-order valence-corrected chi connectivity index (χ0v) is 38.6. The van der Waals surface area contributed by atoms with E-state index >= 15 is 0 Å². The molecular weight excluding hydrogens is 869 g/mol. The van der Waals surface area contributed by atoms with Crippen molar-refractivity contribution in [1.82, 2.24) is 19.5 Å². The molecule has 0 saturated carbocycles. The third-order valence-corrected chi connectivity index (χ3v) is 15.0. The smallest absolute Gasteiger partial charge is 0.164 e. The molecule has 0 aliphatic rings. The Morgan fingerprint density at radius 2 is 0.814 bits per heavy atom. The highest BCUT2D eigenvalue weighted by molar-refractivity contribution is 7.25. The van der Waals surface area contributed by atoms with Crippen molar-refractivity contribution in [3.63, 3.8) is 0 Å². The lowest BCUT2D eigenvalue weighted by molar-refractivity contribution is 1.07. The average molecular weight is 909 g/mol. The largest absolute Gasteiger partial charge is 0.309 e. The fraction of sp³-hybridized carbons (Fsp3) is 0.